The van der Waals surface area contributed by atoms with Gasteiger partial charge in [0.2, 0.25) is 0 Å². The van der Waals surface area contributed by atoms with Crippen LogP contribution in [0, 0.1) is 11.7 Å². The molecule has 0 amide bonds. The maximum Gasteiger partial charge on any atom is 0.387 e. The Morgan fingerprint density at radius 3 is 2.53 bits per heavy atom. The summed E-state index contributed by atoms with van der Waals surface area (Å²) >= 11 is 0. The highest BCUT2D eigenvalue weighted by Crippen LogP contribution is 2.27. The number of aromatic nitrogens is 2. The lowest BCUT2D eigenvalue weighted by Gasteiger charge is -2.30. The summed E-state index contributed by atoms with van der Waals surface area (Å²) in [7, 11) is 0. The molecule has 0 spiro atoms. The molecule has 194 valence electrons. The Bertz CT molecular complexity index is 1080. The molecule has 0 atom stereocenters. The summed E-state index contributed by atoms with van der Waals surface area (Å²) in [5.41, 5.74) is 2.94. The zero-order valence-electron chi connectivity index (χ0n) is 21.0. The fourth-order valence-corrected chi connectivity index (χ4v) is 5.14. The fraction of sp³-hybridized carbons (Fsp3) is 0.483. The van der Waals surface area contributed by atoms with Crippen molar-refractivity contribution in [3.63, 3.8) is 0 Å². The Kier molecular flexibility index (Phi) is 9.45. The smallest absolute Gasteiger partial charge is 0.387 e. The van der Waals surface area contributed by atoms with Crippen LogP contribution in [0.2, 0.25) is 0 Å². The number of unbranched alkanes of at least 4 members (excludes halogenated alkanes) is 1. The van der Waals surface area contributed by atoms with Crippen LogP contribution < -0.4 is 4.74 Å². The molecule has 0 bridgehead atoms. The van der Waals surface area contributed by atoms with E-state index in [1.807, 2.05) is 24.4 Å². The molecule has 7 heteroatoms. The van der Waals surface area contributed by atoms with Gasteiger partial charge in [-0.15, -0.1) is 0 Å². The van der Waals surface area contributed by atoms with Gasteiger partial charge in [-0.25, -0.2) is 9.37 Å². The van der Waals surface area contributed by atoms with E-state index in [1.54, 1.807) is 18.2 Å². The second-order valence-corrected chi connectivity index (χ2v) is 9.78. The van der Waals surface area contributed by atoms with Gasteiger partial charge in [0, 0.05) is 31.7 Å². The third-order valence-corrected chi connectivity index (χ3v) is 6.94. The first-order chi connectivity index (χ1) is 17.5. The molecular weight excluding hydrogens is 463 g/mol. The Labute approximate surface area is 212 Å². The van der Waals surface area contributed by atoms with Gasteiger partial charge in [0.15, 0.2) is 0 Å². The van der Waals surface area contributed by atoms with Crippen LogP contribution in [0.15, 0.2) is 54.7 Å². The van der Waals surface area contributed by atoms with Gasteiger partial charge in [0.1, 0.15) is 17.4 Å². The number of halogens is 3. The second kappa shape index (κ2) is 12.9. The minimum atomic E-state index is -2.82. The van der Waals surface area contributed by atoms with Crippen molar-refractivity contribution < 1.29 is 17.9 Å². The third kappa shape index (κ3) is 7.36. The Morgan fingerprint density at radius 1 is 1.06 bits per heavy atom. The number of alkyl halides is 2. The van der Waals surface area contributed by atoms with Gasteiger partial charge in [-0.1, -0.05) is 56.9 Å². The van der Waals surface area contributed by atoms with E-state index >= 15 is 0 Å². The van der Waals surface area contributed by atoms with E-state index in [4.69, 9.17) is 4.98 Å². The summed E-state index contributed by atoms with van der Waals surface area (Å²) in [4.78, 5) is 7.15. The van der Waals surface area contributed by atoms with Crippen LogP contribution in [-0.2, 0) is 19.6 Å². The van der Waals surface area contributed by atoms with E-state index in [9.17, 15) is 13.2 Å². The van der Waals surface area contributed by atoms with Crippen LogP contribution in [0.5, 0.6) is 5.75 Å². The van der Waals surface area contributed by atoms with Crippen LogP contribution >= 0.6 is 0 Å². The molecule has 1 aliphatic rings. The van der Waals surface area contributed by atoms with Crippen LogP contribution in [0.1, 0.15) is 63.1 Å². The number of hydrogen-bond donors (Lipinski definition) is 0. The van der Waals surface area contributed by atoms with E-state index in [0.29, 0.717) is 12.5 Å². The fourth-order valence-electron chi connectivity index (χ4n) is 5.14. The van der Waals surface area contributed by atoms with Crippen LogP contribution in [-0.4, -0.2) is 27.6 Å². The molecule has 1 fully saturated rings. The highest BCUT2D eigenvalue weighted by molar-refractivity contribution is 5.56. The van der Waals surface area contributed by atoms with Crippen LogP contribution in [0.25, 0.3) is 11.4 Å². The summed E-state index contributed by atoms with van der Waals surface area (Å²) in [6, 6.07) is 13.5. The molecule has 1 saturated carbocycles. The van der Waals surface area contributed by atoms with Gasteiger partial charge in [-0.2, -0.15) is 8.78 Å². The van der Waals surface area contributed by atoms with Crippen molar-refractivity contribution >= 4 is 0 Å². The first kappa shape index (κ1) is 26.3. The lowest BCUT2D eigenvalue weighted by atomic mass is 9.89. The first-order valence-electron chi connectivity index (χ1n) is 13.1. The molecule has 0 N–H and O–H groups in total. The molecule has 0 aliphatic heterocycles. The Morgan fingerprint density at radius 2 is 1.83 bits per heavy atom. The summed E-state index contributed by atoms with van der Waals surface area (Å²) < 4.78 is 45.8. The van der Waals surface area contributed by atoms with Crippen molar-refractivity contribution in [1.82, 2.24) is 14.5 Å². The largest absolute Gasteiger partial charge is 0.435 e. The molecule has 4 rings (SSSR count). The summed E-state index contributed by atoms with van der Waals surface area (Å²) in [6.07, 6.45) is 10.3. The summed E-state index contributed by atoms with van der Waals surface area (Å²) in [6.45, 7) is 2.57. The molecule has 3 aromatic rings. The van der Waals surface area contributed by atoms with Gasteiger partial charge in [-0.3, -0.25) is 4.90 Å². The van der Waals surface area contributed by atoms with Gasteiger partial charge in [0.25, 0.3) is 0 Å². The average molecular weight is 500 g/mol. The maximum atomic E-state index is 14.0. The summed E-state index contributed by atoms with van der Waals surface area (Å²) in [5, 5.41) is 0. The third-order valence-electron chi connectivity index (χ3n) is 6.94. The highest BCUT2D eigenvalue weighted by atomic mass is 19.3. The summed E-state index contributed by atoms with van der Waals surface area (Å²) in [5.74, 6) is 1.35. The Hall–Kier alpha value is -2.80. The lowest BCUT2D eigenvalue weighted by Crippen LogP contribution is -2.31. The van der Waals surface area contributed by atoms with E-state index in [1.165, 1.54) is 44.2 Å². The van der Waals surface area contributed by atoms with E-state index in [2.05, 4.69) is 21.1 Å². The number of ether oxygens (including phenoxy) is 1. The van der Waals surface area contributed by atoms with Gasteiger partial charge in [0.05, 0.1) is 11.9 Å². The molecule has 1 aliphatic carbocycles. The van der Waals surface area contributed by atoms with Crippen LogP contribution in [0.4, 0.5) is 13.2 Å². The molecule has 1 heterocycles. The standard InChI is InChI=1S/C29H36F3N3O/c1-2-3-16-35-26(18-33-28(35)24-10-7-11-25(30)17-24)21-34(19-22-8-5-4-6-9-22)20-23-12-14-27(15-13-23)36-29(31)32/h7,10-15,17-18,22,29H,2-6,8-9,16,19-21H2,1H3. The molecule has 2 aromatic carbocycles. The quantitative estimate of drug-likeness (QED) is 0.256. The number of imidazole rings is 1. The monoisotopic (exact) mass is 499 g/mol. The predicted octanol–water partition coefficient (Wildman–Crippen LogP) is 7.67. The van der Waals surface area contributed by atoms with Crippen molar-refractivity contribution in [3.05, 3.63) is 71.8 Å². The molecule has 1 aromatic heterocycles. The molecule has 4 nitrogen and oxygen atoms in total. The Balaban J connectivity index is 1.57. The van der Waals surface area contributed by atoms with Crippen molar-refractivity contribution in [3.8, 4) is 17.1 Å². The highest BCUT2D eigenvalue weighted by Gasteiger charge is 2.21. The molecular formula is C29H36F3N3O. The van der Waals surface area contributed by atoms with Crippen molar-refractivity contribution in [2.45, 2.75) is 78.1 Å². The zero-order chi connectivity index (χ0) is 25.3. The number of nitrogens with zero attached hydrogens (tertiary/aromatic N) is 3. The molecule has 36 heavy (non-hydrogen) atoms. The topological polar surface area (TPSA) is 30.3 Å². The maximum absolute atomic E-state index is 14.0. The average Bonchev–Trinajstić information content (AvgIpc) is 3.26. The van der Waals surface area contributed by atoms with E-state index < -0.39 is 6.61 Å². The number of benzene rings is 2. The van der Waals surface area contributed by atoms with Crippen LogP contribution in [0.3, 0.4) is 0 Å². The SMILES string of the molecule is CCCCn1c(CN(Cc2ccc(OC(F)F)cc2)CC2CCCCC2)cnc1-c1cccc(F)c1. The first-order valence-corrected chi connectivity index (χ1v) is 13.1. The van der Waals surface area contributed by atoms with E-state index in [0.717, 1.165) is 55.1 Å². The number of rotatable bonds is 12. The van der Waals surface area contributed by atoms with Gasteiger partial charge < -0.3 is 9.30 Å². The molecule has 0 unspecified atom stereocenters. The normalized spacial score (nSPS) is 14.6. The van der Waals surface area contributed by atoms with E-state index in [-0.39, 0.29) is 11.6 Å². The second-order valence-electron chi connectivity index (χ2n) is 9.78. The number of hydrogen-bond acceptors (Lipinski definition) is 3. The molecule has 0 radical (unpaired) electrons. The zero-order valence-corrected chi connectivity index (χ0v) is 21.0. The van der Waals surface area contributed by atoms with Crippen molar-refractivity contribution in [2.75, 3.05) is 6.54 Å². The van der Waals surface area contributed by atoms with Crippen molar-refractivity contribution in [1.29, 1.82) is 0 Å². The minimum absolute atomic E-state index is 0.171. The van der Waals surface area contributed by atoms with Gasteiger partial charge >= 0.3 is 6.61 Å². The van der Waals surface area contributed by atoms with Gasteiger partial charge in [-0.05, 0) is 55.0 Å². The van der Waals surface area contributed by atoms with Crippen molar-refractivity contribution in [2.24, 2.45) is 5.92 Å². The predicted molar refractivity (Wildman–Crippen MR) is 136 cm³/mol. The molecule has 0 saturated heterocycles. The lowest BCUT2D eigenvalue weighted by molar-refractivity contribution is -0.0498. The minimum Gasteiger partial charge on any atom is -0.435 e.